The van der Waals surface area contributed by atoms with Crippen molar-refractivity contribution in [1.82, 2.24) is 9.62 Å². The molecule has 0 radical (unpaired) electrons. The molecular weight excluding hydrogens is 754 g/mol. The Labute approximate surface area is 333 Å². The molecule has 3 aromatic carbocycles. The van der Waals surface area contributed by atoms with Gasteiger partial charge in [-0.3, -0.25) is 4.79 Å². The van der Waals surface area contributed by atoms with Gasteiger partial charge in [-0.25, -0.2) is 17.9 Å². The van der Waals surface area contributed by atoms with Crippen LogP contribution in [0.2, 0.25) is 23.2 Å². The first kappa shape index (κ1) is 43.8. The topological polar surface area (TPSA) is 135 Å². The number of hydrogen-bond donors (Lipinski definition) is 1. The number of ether oxygens (including phenoxy) is 2. The second-order valence-corrected chi connectivity index (χ2v) is 23.6. The summed E-state index contributed by atoms with van der Waals surface area (Å²) in [6.07, 6.45) is 4.45. The minimum absolute atomic E-state index is 0.0590. The van der Waals surface area contributed by atoms with Crippen molar-refractivity contribution in [1.29, 1.82) is 5.26 Å². The fraction of sp³-hybridized carbons (Fsp3) is 0.500. The SMILES string of the molecule is CC(C)(C)OC(=O)N(CCc1ccc(-c2ccc(C(=O)NS(=O)(=O)CC#N)c(OC3CCCCC3)c2)cc1)C[C@H](O[Si](C)(C)C(C)(C)C)c1cccc(Cl)c1. The number of carbonyl (C=O) groups excluding carboxylic acids is 2. The number of benzene rings is 3. The summed E-state index contributed by atoms with van der Waals surface area (Å²) in [5.74, 6) is -1.38. The molecule has 1 fully saturated rings. The molecule has 0 bridgehead atoms. The van der Waals surface area contributed by atoms with Crippen molar-refractivity contribution in [3.63, 3.8) is 0 Å². The highest BCUT2D eigenvalue weighted by molar-refractivity contribution is 7.90. The lowest BCUT2D eigenvalue weighted by Crippen LogP contribution is -2.46. The lowest BCUT2D eigenvalue weighted by Gasteiger charge is -2.41. The zero-order chi connectivity index (χ0) is 40.6. The average molecular weight is 811 g/mol. The number of rotatable bonds is 14. The Morgan fingerprint density at radius 3 is 2.22 bits per heavy atom. The van der Waals surface area contributed by atoms with Crippen LogP contribution in [0.5, 0.6) is 5.75 Å². The molecule has 0 spiro atoms. The standard InChI is InChI=1S/C42H56ClN3O7SSi/c1-41(2,3)52-40(48)46(29-38(33-13-12-14-34(43)27-33)53-55(7,8)42(4,5)6)25-23-30-17-19-31(20-18-30)32-21-22-36(39(47)45-54(49,50)26-24-44)37(28-32)51-35-15-10-9-11-16-35/h12-14,17-22,27-28,35,38H,9-11,15-16,23,25-26,29H2,1-8H3,(H,45,47)/t38-/m0/s1. The zero-order valence-corrected chi connectivity index (χ0v) is 36.0. The second-order valence-electron chi connectivity index (χ2n) is 16.7. The lowest BCUT2D eigenvalue weighted by atomic mass is 9.97. The van der Waals surface area contributed by atoms with Crippen LogP contribution >= 0.6 is 11.6 Å². The van der Waals surface area contributed by atoms with Gasteiger partial charge in [0, 0.05) is 11.6 Å². The fourth-order valence-corrected chi connectivity index (χ4v) is 8.14. The van der Waals surface area contributed by atoms with Crippen molar-refractivity contribution in [2.75, 3.05) is 18.8 Å². The largest absolute Gasteiger partial charge is 0.490 e. The third-order valence-corrected chi connectivity index (χ3v) is 15.8. The molecule has 10 nitrogen and oxygen atoms in total. The molecular formula is C42H56ClN3O7SSi. The third kappa shape index (κ3) is 13.1. The van der Waals surface area contributed by atoms with Gasteiger partial charge in [0.05, 0.1) is 30.4 Å². The molecule has 1 saturated carbocycles. The molecule has 1 atom stereocenters. The first-order valence-electron chi connectivity index (χ1n) is 18.9. The van der Waals surface area contributed by atoms with Crippen molar-refractivity contribution < 1.29 is 31.9 Å². The maximum absolute atomic E-state index is 13.7. The van der Waals surface area contributed by atoms with E-state index in [0.717, 1.165) is 54.4 Å². The van der Waals surface area contributed by atoms with Gasteiger partial charge in [0.15, 0.2) is 14.1 Å². The predicted molar refractivity (Wildman–Crippen MR) is 220 cm³/mol. The summed E-state index contributed by atoms with van der Waals surface area (Å²) in [4.78, 5) is 28.5. The van der Waals surface area contributed by atoms with Crippen LogP contribution in [0.3, 0.4) is 0 Å². The molecule has 1 N–H and O–H groups in total. The fourth-order valence-electron chi connectivity index (χ4n) is 6.03. The van der Waals surface area contributed by atoms with Crippen LogP contribution in [-0.2, 0) is 25.6 Å². The van der Waals surface area contributed by atoms with Crippen molar-refractivity contribution in [3.8, 4) is 22.9 Å². The quantitative estimate of drug-likeness (QED) is 0.159. The highest BCUT2D eigenvalue weighted by Crippen LogP contribution is 2.40. The molecule has 4 rings (SSSR count). The highest BCUT2D eigenvalue weighted by atomic mass is 35.5. The first-order valence-corrected chi connectivity index (χ1v) is 23.8. The van der Waals surface area contributed by atoms with Crippen LogP contribution < -0.4 is 9.46 Å². The van der Waals surface area contributed by atoms with Gasteiger partial charge in [-0.15, -0.1) is 0 Å². The first-order chi connectivity index (χ1) is 25.7. The molecule has 13 heteroatoms. The molecule has 298 valence electrons. The lowest BCUT2D eigenvalue weighted by molar-refractivity contribution is 0.0158. The van der Waals surface area contributed by atoms with Gasteiger partial charge >= 0.3 is 6.09 Å². The molecule has 0 saturated heterocycles. The Morgan fingerprint density at radius 1 is 0.964 bits per heavy atom. The predicted octanol–water partition coefficient (Wildman–Crippen LogP) is 9.84. The summed E-state index contributed by atoms with van der Waals surface area (Å²) in [7, 11) is -6.39. The van der Waals surface area contributed by atoms with Crippen molar-refractivity contribution in [2.24, 2.45) is 0 Å². The molecule has 0 aromatic heterocycles. The van der Waals surface area contributed by atoms with Gasteiger partial charge in [0.1, 0.15) is 11.4 Å². The number of nitrogens with zero attached hydrogens (tertiary/aromatic N) is 2. The number of carbonyl (C=O) groups is 2. The van der Waals surface area contributed by atoms with Gasteiger partial charge in [0.25, 0.3) is 5.91 Å². The van der Waals surface area contributed by atoms with Crippen LogP contribution in [0, 0.1) is 11.3 Å². The monoisotopic (exact) mass is 809 g/mol. The molecule has 0 aliphatic heterocycles. The van der Waals surface area contributed by atoms with Crippen molar-refractivity contribution >= 4 is 41.9 Å². The van der Waals surface area contributed by atoms with E-state index in [1.807, 2.05) is 74.0 Å². The Balaban J connectivity index is 1.59. The van der Waals surface area contributed by atoms with Crippen LogP contribution in [-0.4, -0.2) is 64.2 Å². The highest BCUT2D eigenvalue weighted by Gasteiger charge is 2.40. The Hall–Kier alpha value is -3.89. The van der Waals surface area contributed by atoms with E-state index in [1.54, 1.807) is 29.2 Å². The summed E-state index contributed by atoms with van der Waals surface area (Å²) in [6.45, 7) is 17.2. The minimum atomic E-state index is -4.12. The van der Waals surface area contributed by atoms with Gasteiger partial charge in [-0.2, -0.15) is 5.26 Å². The van der Waals surface area contributed by atoms with E-state index in [1.165, 1.54) is 0 Å². The summed E-state index contributed by atoms with van der Waals surface area (Å²) in [5, 5.41) is 9.41. The maximum atomic E-state index is 13.7. The molecule has 1 aliphatic carbocycles. The average Bonchev–Trinajstić information content (AvgIpc) is 3.08. The minimum Gasteiger partial charge on any atom is -0.490 e. The molecule has 55 heavy (non-hydrogen) atoms. The Bertz CT molecular complexity index is 1940. The number of nitriles is 1. The molecule has 1 aliphatic rings. The smallest absolute Gasteiger partial charge is 0.410 e. The maximum Gasteiger partial charge on any atom is 0.410 e. The van der Waals surface area contributed by atoms with Crippen LogP contribution in [0.25, 0.3) is 11.1 Å². The molecule has 0 unspecified atom stereocenters. The summed E-state index contributed by atoms with van der Waals surface area (Å²) in [6, 6.07) is 22.2. The van der Waals surface area contributed by atoms with Crippen molar-refractivity contribution in [2.45, 2.75) is 116 Å². The van der Waals surface area contributed by atoms with Crippen molar-refractivity contribution in [3.05, 3.63) is 88.4 Å². The number of sulfonamides is 1. The van der Waals surface area contributed by atoms with Crippen LogP contribution in [0.1, 0.15) is 101 Å². The normalized spacial score (nSPS) is 14.8. The van der Waals surface area contributed by atoms with E-state index >= 15 is 0 Å². The van der Waals surface area contributed by atoms with Gasteiger partial charge in [-0.05, 0) is 118 Å². The Kier molecular flexibility index (Phi) is 14.6. The van der Waals surface area contributed by atoms with Gasteiger partial charge < -0.3 is 18.8 Å². The third-order valence-electron chi connectivity index (χ3n) is 10.0. The molecule has 3 aromatic rings. The van der Waals surface area contributed by atoms with Crippen LogP contribution in [0.15, 0.2) is 66.7 Å². The Morgan fingerprint density at radius 2 is 1.62 bits per heavy atom. The summed E-state index contributed by atoms with van der Waals surface area (Å²) >= 11 is 6.44. The molecule has 2 amide bonds. The zero-order valence-electron chi connectivity index (χ0n) is 33.4. The van der Waals surface area contributed by atoms with E-state index in [2.05, 4.69) is 33.9 Å². The van der Waals surface area contributed by atoms with E-state index in [4.69, 9.17) is 30.8 Å². The summed E-state index contributed by atoms with van der Waals surface area (Å²) in [5.41, 5.74) is 2.95. The van der Waals surface area contributed by atoms with E-state index < -0.39 is 47.8 Å². The summed E-state index contributed by atoms with van der Waals surface area (Å²) < 4.78 is 45.6. The molecule has 0 heterocycles. The van der Waals surface area contributed by atoms with E-state index in [-0.39, 0.29) is 23.3 Å². The van der Waals surface area contributed by atoms with E-state index in [9.17, 15) is 18.0 Å². The second kappa shape index (κ2) is 18.4. The number of hydrogen-bond acceptors (Lipinski definition) is 8. The number of halogens is 1. The van der Waals surface area contributed by atoms with Gasteiger partial charge in [-0.1, -0.05) is 81.3 Å². The van der Waals surface area contributed by atoms with Gasteiger partial charge in [0.2, 0.25) is 10.0 Å². The number of nitrogens with one attached hydrogen (secondary N) is 1. The number of amides is 2. The van der Waals surface area contributed by atoms with Crippen LogP contribution in [0.4, 0.5) is 4.79 Å². The van der Waals surface area contributed by atoms with E-state index in [0.29, 0.717) is 23.7 Å².